The maximum atomic E-state index is 13.4. The first-order chi connectivity index (χ1) is 8.46. The number of hydrogen-bond donors (Lipinski definition) is 2. The van der Waals surface area contributed by atoms with Crippen LogP contribution in [0.4, 0.5) is 4.39 Å². The lowest BCUT2D eigenvalue weighted by molar-refractivity contribution is 0.0843. The first kappa shape index (κ1) is 16.1. The van der Waals surface area contributed by atoms with E-state index in [4.69, 9.17) is 5.14 Å². The molecule has 0 saturated carbocycles. The average Bonchev–Trinajstić information content (AvgIpc) is 2.24. The smallest absolute Gasteiger partial charge is 0.238 e. The van der Waals surface area contributed by atoms with Crippen LogP contribution < -0.4 is 5.14 Å². The molecule has 0 heterocycles. The van der Waals surface area contributed by atoms with E-state index in [2.05, 4.69) is 0 Å². The third-order valence-corrected chi connectivity index (χ3v) is 3.88. The zero-order valence-electron chi connectivity index (χ0n) is 11.5. The first-order valence-electron chi connectivity index (χ1n) is 5.94. The predicted octanol–water partition coefficient (Wildman–Crippen LogP) is 2.02. The molecule has 0 fully saturated rings. The van der Waals surface area contributed by atoms with Gasteiger partial charge in [-0.05, 0) is 24.0 Å². The lowest BCUT2D eigenvalue weighted by Crippen LogP contribution is -2.24. The van der Waals surface area contributed by atoms with Gasteiger partial charge in [0.25, 0.3) is 0 Å². The number of halogens is 1. The van der Waals surface area contributed by atoms with Crippen LogP contribution in [0, 0.1) is 0 Å². The van der Waals surface area contributed by atoms with Crippen molar-refractivity contribution < 1.29 is 17.9 Å². The van der Waals surface area contributed by atoms with Crippen molar-refractivity contribution >= 4 is 10.0 Å². The van der Waals surface area contributed by atoms with Gasteiger partial charge in [-0.25, -0.2) is 17.9 Å². The Bertz CT molecular complexity index is 562. The molecular weight excluding hydrogens is 269 g/mol. The summed E-state index contributed by atoms with van der Waals surface area (Å²) in [4.78, 5) is -0.225. The molecule has 1 aromatic carbocycles. The molecule has 0 aliphatic rings. The highest BCUT2D eigenvalue weighted by molar-refractivity contribution is 7.89. The summed E-state index contributed by atoms with van der Waals surface area (Å²) in [6, 6.07) is 4.50. The van der Waals surface area contributed by atoms with E-state index in [-0.39, 0.29) is 10.5 Å². The fourth-order valence-corrected chi connectivity index (χ4v) is 2.79. The Morgan fingerprint density at radius 1 is 1.32 bits per heavy atom. The van der Waals surface area contributed by atoms with Gasteiger partial charge in [0.1, 0.15) is 12.3 Å². The molecule has 0 aliphatic heterocycles. The normalized spacial score (nSPS) is 16.2. The summed E-state index contributed by atoms with van der Waals surface area (Å²) in [6.07, 6.45) is -3.12. The maximum absolute atomic E-state index is 13.4. The Balaban J connectivity index is 3.70. The second-order valence-electron chi connectivity index (χ2n) is 5.63. The SMILES string of the molecule is CC(F)C(O)c1c(C(C)(C)C)cccc1S(N)(=O)=O. The van der Waals surface area contributed by atoms with E-state index in [0.717, 1.165) is 0 Å². The second kappa shape index (κ2) is 5.19. The highest BCUT2D eigenvalue weighted by atomic mass is 32.2. The number of hydrogen-bond acceptors (Lipinski definition) is 3. The van der Waals surface area contributed by atoms with Crippen LogP contribution in [0.2, 0.25) is 0 Å². The van der Waals surface area contributed by atoms with Crippen LogP contribution in [-0.4, -0.2) is 19.7 Å². The van der Waals surface area contributed by atoms with Crippen molar-refractivity contribution in [2.45, 2.75) is 50.3 Å². The molecule has 2 atom stereocenters. The van der Waals surface area contributed by atoms with E-state index in [1.807, 2.05) is 20.8 Å². The summed E-state index contributed by atoms with van der Waals surface area (Å²) in [5.74, 6) is 0. The molecule has 0 aliphatic carbocycles. The molecule has 4 nitrogen and oxygen atoms in total. The van der Waals surface area contributed by atoms with Gasteiger partial charge in [0, 0.05) is 5.56 Å². The van der Waals surface area contributed by atoms with Crippen LogP contribution in [0.15, 0.2) is 23.1 Å². The molecule has 0 radical (unpaired) electrons. The third kappa shape index (κ3) is 3.52. The Hall–Kier alpha value is -0.980. The van der Waals surface area contributed by atoms with Crippen LogP contribution in [0.3, 0.4) is 0 Å². The Morgan fingerprint density at radius 2 is 1.84 bits per heavy atom. The second-order valence-corrected chi connectivity index (χ2v) is 7.16. The zero-order chi connectivity index (χ0) is 15.0. The first-order valence-corrected chi connectivity index (χ1v) is 7.49. The molecule has 0 amide bonds. The van der Waals surface area contributed by atoms with Crippen LogP contribution in [-0.2, 0) is 15.4 Å². The minimum absolute atomic E-state index is 0.0486. The number of benzene rings is 1. The van der Waals surface area contributed by atoms with Gasteiger partial charge in [-0.1, -0.05) is 32.9 Å². The van der Waals surface area contributed by atoms with Gasteiger partial charge in [-0.15, -0.1) is 0 Å². The average molecular weight is 289 g/mol. The Labute approximate surface area is 113 Å². The molecule has 0 aromatic heterocycles. The highest BCUT2D eigenvalue weighted by Crippen LogP contribution is 2.35. The summed E-state index contributed by atoms with van der Waals surface area (Å²) in [5, 5.41) is 15.1. The maximum Gasteiger partial charge on any atom is 0.238 e. The summed E-state index contributed by atoms with van der Waals surface area (Å²) in [6.45, 7) is 6.74. The standard InChI is InChI=1S/C13H20FNO3S/c1-8(14)12(16)11-9(13(2,3)4)6-5-7-10(11)19(15,17)18/h5-8,12,16H,1-4H3,(H2,15,17,18). The molecule has 1 rings (SSSR count). The minimum Gasteiger partial charge on any atom is -0.385 e. The molecular formula is C13H20FNO3S. The largest absolute Gasteiger partial charge is 0.385 e. The van der Waals surface area contributed by atoms with Crippen LogP contribution in [0.25, 0.3) is 0 Å². The van der Waals surface area contributed by atoms with Crippen molar-refractivity contribution in [3.63, 3.8) is 0 Å². The van der Waals surface area contributed by atoms with Crippen molar-refractivity contribution in [1.82, 2.24) is 0 Å². The summed E-state index contributed by atoms with van der Waals surface area (Å²) >= 11 is 0. The summed E-state index contributed by atoms with van der Waals surface area (Å²) in [5.41, 5.74) is 0.176. The Morgan fingerprint density at radius 3 is 2.21 bits per heavy atom. The van der Waals surface area contributed by atoms with Gasteiger partial charge in [0.05, 0.1) is 4.90 Å². The van der Waals surface area contributed by atoms with E-state index in [1.165, 1.54) is 13.0 Å². The Kier molecular flexibility index (Phi) is 4.39. The van der Waals surface area contributed by atoms with E-state index < -0.39 is 27.7 Å². The van der Waals surface area contributed by atoms with Crippen LogP contribution in [0.1, 0.15) is 44.9 Å². The quantitative estimate of drug-likeness (QED) is 0.893. The monoisotopic (exact) mass is 289 g/mol. The molecule has 1 aromatic rings. The van der Waals surface area contributed by atoms with E-state index >= 15 is 0 Å². The number of nitrogens with two attached hydrogens (primary N) is 1. The predicted molar refractivity (Wildman–Crippen MR) is 72.0 cm³/mol. The molecule has 6 heteroatoms. The molecule has 0 saturated heterocycles. The van der Waals surface area contributed by atoms with Gasteiger partial charge < -0.3 is 5.11 Å². The van der Waals surface area contributed by atoms with E-state index in [0.29, 0.717) is 5.56 Å². The van der Waals surface area contributed by atoms with E-state index in [1.54, 1.807) is 12.1 Å². The lowest BCUT2D eigenvalue weighted by Gasteiger charge is -2.27. The lowest BCUT2D eigenvalue weighted by atomic mass is 9.82. The summed E-state index contributed by atoms with van der Waals surface area (Å²) in [7, 11) is -4.02. The zero-order valence-corrected chi connectivity index (χ0v) is 12.3. The summed E-state index contributed by atoms with van der Waals surface area (Å²) < 4.78 is 36.6. The molecule has 108 valence electrons. The number of aliphatic hydroxyl groups is 1. The fraction of sp³-hybridized carbons (Fsp3) is 0.538. The molecule has 19 heavy (non-hydrogen) atoms. The number of alkyl halides is 1. The third-order valence-electron chi connectivity index (χ3n) is 2.91. The van der Waals surface area contributed by atoms with Crippen LogP contribution in [0.5, 0.6) is 0 Å². The van der Waals surface area contributed by atoms with Crippen molar-refractivity contribution in [2.24, 2.45) is 5.14 Å². The van der Waals surface area contributed by atoms with E-state index in [9.17, 15) is 17.9 Å². The van der Waals surface area contributed by atoms with Gasteiger partial charge in [0.2, 0.25) is 10.0 Å². The van der Waals surface area contributed by atoms with Gasteiger partial charge >= 0.3 is 0 Å². The van der Waals surface area contributed by atoms with Gasteiger partial charge in [-0.3, -0.25) is 0 Å². The fourth-order valence-electron chi connectivity index (χ4n) is 1.98. The van der Waals surface area contributed by atoms with Crippen molar-refractivity contribution in [2.75, 3.05) is 0 Å². The number of rotatable bonds is 3. The number of primary sulfonamides is 1. The molecule has 0 spiro atoms. The number of sulfonamides is 1. The topological polar surface area (TPSA) is 80.4 Å². The van der Waals surface area contributed by atoms with Gasteiger partial charge in [0.15, 0.2) is 0 Å². The van der Waals surface area contributed by atoms with Crippen LogP contribution >= 0.6 is 0 Å². The molecule has 2 unspecified atom stereocenters. The van der Waals surface area contributed by atoms with Crippen molar-refractivity contribution in [3.8, 4) is 0 Å². The van der Waals surface area contributed by atoms with Gasteiger partial charge in [-0.2, -0.15) is 0 Å². The highest BCUT2D eigenvalue weighted by Gasteiger charge is 2.30. The molecule has 0 bridgehead atoms. The number of aliphatic hydroxyl groups excluding tert-OH is 1. The van der Waals surface area contributed by atoms with Crippen molar-refractivity contribution in [1.29, 1.82) is 0 Å². The molecule has 3 N–H and O–H groups in total. The minimum atomic E-state index is -4.02. The van der Waals surface area contributed by atoms with Crippen molar-refractivity contribution in [3.05, 3.63) is 29.3 Å².